The highest BCUT2D eigenvalue weighted by atomic mass is 14.7. The van der Waals surface area contributed by atoms with E-state index in [0.29, 0.717) is 0 Å². The van der Waals surface area contributed by atoms with E-state index >= 15 is 0 Å². The highest BCUT2D eigenvalue weighted by Crippen LogP contribution is 2.36. The second-order valence-corrected chi connectivity index (χ2v) is 10.0. The monoisotopic (exact) mass is 393 g/mol. The Hall–Kier alpha value is -2.67. The molecule has 0 radical (unpaired) electrons. The summed E-state index contributed by atoms with van der Waals surface area (Å²) in [5.74, 6) is 0.824. The summed E-state index contributed by atoms with van der Waals surface area (Å²) < 4.78 is 0. The van der Waals surface area contributed by atoms with Gasteiger partial charge in [0, 0.05) is 10.9 Å². The van der Waals surface area contributed by atoms with Crippen LogP contribution in [0.4, 0.5) is 0 Å². The van der Waals surface area contributed by atoms with Crippen molar-refractivity contribution in [1.29, 1.82) is 0 Å². The quantitative estimate of drug-likeness (QED) is 0.343. The highest BCUT2D eigenvalue weighted by Gasteiger charge is 2.20. The minimum atomic E-state index is 0.0825. The van der Waals surface area contributed by atoms with E-state index in [0.717, 1.165) is 17.1 Å². The minimum absolute atomic E-state index is 0.0825. The first-order valence-electron chi connectivity index (χ1n) is 11.4. The second kappa shape index (κ2) is 7.54. The molecule has 3 aromatic carbocycles. The van der Waals surface area contributed by atoms with Crippen LogP contribution in [0.25, 0.3) is 32.9 Å². The number of hydrogen-bond donors (Lipinski definition) is 0. The first kappa shape index (κ1) is 19.3. The lowest BCUT2D eigenvalue weighted by Gasteiger charge is -2.23. The van der Waals surface area contributed by atoms with Crippen LogP contribution in [0, 0.1) is 5.92 Å². The normalized spacial score (nSPS) is 15.3. The molecular formula is C29H31N. The van der Waals surface area contributed by atoms with Crippen molar-refractivity contribution in [2.75, 3.05) is 0 Å². The summed E-state index contributed by atoms with van der Waals surface area (Å²) in [5, 5.41) is 3.97. The molecule has 1 nitrogen and oxygen atoms in total. The fourth-order valence-corrected chi connectivity index (χ4v) is 5.17. The third kappa shape index (κ3) is 3.62. The van der Waals surface area contributed by atoms with Crippen molar-refractivity contribution in [3.05, 3.63) is 77.9 Å². The molecule has 1 fully saturated rings. The summed E-state index contributed by atoms with van der Waals surface area (Å²) in [5.41, 5.74) is 6.40. The Bertz CT molecular complexity index is 1210. The molecule has 30 heavy (non-hydrogen) atoms. The standard InChI is InChI=1S/C29H31N/c1-29(2,3)26-18-23(17-21-12-6-7-13-24(21)26)28-19-22(16-20-10-4-5-11-20)25-14-8-9-15-27(25)30-28/h6-9,12-15,17-20H,4-5,10-11,16H2,1-3H3. The van der Waals surface area contributed by atoms with E-state index in [-0.39, 0.29) is 5.41 Å². The number of rotatable bonds is 3. The van der Waals surface area contributed by atoms with Gasteiger partial charge in [0.25, 0.3) is 0 Å². The Morgan fingerprint density at radius 2 is 1.53 bits per heavy atom. The maximum atomic E-state index is 5.11. The van der Waals surface area contributed by atoms with Gasteiger partial charge in [-0.1, -0.05) is 88.9 Å². The fourth-order valence-electron chi connectivity index (χ4n) is 5.17. The molecule has 1 aromatic heterocycles. The van der Waals surface area contributed by atoms with Crippen LogP contribution in [0.1, 0.15) is 57.6 Å². The topological polar surface area (TPSA) is 12.9 Å². The van der Waals surface area contributed by atoms with E-state index in [1.807, 2.05) is 0 Å². The summed E-state index contributed by atoms with van der Waals surface area (Å²) in [6.45, 7) is 6.91. The number of hydrogen-bond acceptors (Lipinski definition) is 1. The molecule has 1 aliphatic rings. The molecule has 0 bridgehead atoms. The Kier molecular flexibility index (Phi) is 4.85. The molecule has 1 heterocycles. The molecule has 0 amide bonds. The van der Waals surface area contributed by atoms with Crippen LogP contribution in [0.5, 0.6) is 0 Å². The minimum Gasteiger partial charge on any atom is -0.248 e. The van der Waals surface area contributed by atoms with Gasteiger partial charge in [-0.3, -0.25) is 0 Å². The van der Waals surface area contributed by atoms with Crippen molar-refractivity contribution >= 4 is 21.7 Å². The largest absolute Gasteiger partial charge is 0.248 e. The van der Waals surface area contributed by atoms with E-state index in [2.05, 4.69) is 87.5 Å². The summed E-state index contributed by atoms with van der Waals surface area (Å²) >= 11 is 0. The predicted octanol–water partition coefficient (Wildman–Crippen LogP) is 8.09. The summed E-state index contributed by atoms with van der Waals surface area (Å²) in [6, 6.07) is 24.5. The highest BCUT2D eigenvalue weighted by molar-refractivity contribution is 5.92. The van der Waals surface area contributed by atoms with Gasteiger partial charge in [-0.25, -0.2) is 4.98 Å². The average Bonchev–Trinajstić information content (AvgIpc) is 3.25. The number of nitrogens with zero attached hydrogens (tertiary/aromatic N) is 1. The van der Waals surface area contributed by atoms with Crippen molar-refractivity contribution in [2.24, 2.45) is 5.92 Å². The molecule has 0 spiro atoms. The van der Waals surface area contributed by atoms with Gasteiger partial charge in [0.1, 0.15) is 0 Å². The second-order valence-electron chi connectivity index (χ2n) is 10.0. The third-order valence-corrected chi connectivity index (χ3v) is 6.75. The Labute approximate surface area is 180 Å². The van der Waals surface area contributed by atoms with Crippen LogP contribution in [0.3, 0.4) is 0 Å². The van der Waals surface area contributed by atoms with Crippen molar-refractivity contribution in [2.45, 2.75) is 58.3 Å². The maximum absolute atomic E-state index is 5.11. The molecule has 0 atom stereocenters. The van der Waals surface area contributed by atoms with E-state index < -0.39 is 0 Å². The number of para-hydroxylation sites is 1. The van der Waals surface area contributed by atoms with Gasteiger partial charge in [-0.05, 0) is 63.9 Å². The van der Waals surface area contributed by atoms with E-state index in [9.17, 15) is 0 Å². The Morgan fingerprint density at radius 1 is 0.833 bits per heavy atom. The third-order valence-electron chi connectivity index (χ3n) is 6.75. The molecule has 0 N–H and O–H groups in total. The van der Waals surface area contributed by atoms with Gasteiger partial charge in [-0.2, -0.15) is 0 Å². The molecule has 1 saturated carbocycles. The molecule has 0 unspecified atom stereocenters. The van der Waals surface area contributed by atoms with Crippen LogP contribution in [0.2, 0.25) is 0 Å². The van der Waals surface area contributed by atoms with Crippen molar-refractivity contribution < 1.29 is 0 Å². The summed E-state index contributed by atoms with van der Waals surface area (Å²) in [4.78, 5) is 5.11. The van der Waals surface area contributed by atoms with Gasteiger partial charge in [0.2, 0.25) is 0 Å². The number of fused-ring (bicyclic) bond motifs is 2. The van der Waals surface area contributed by atoms with Crippen LogP contribution in [-0.2, 0) is 11.8 Å². The van der Waals surface area contributed by atoms with Crippen molar-refractivity contribution in [3.8, 4) is 11.3 Å². The predicted molar refractivity (Wildman–Crippen MR) is 129 cm³/mol. The van der Waals surface area contributed by atoms with Gasteiger partial charge in [-0.15, -0.1) is 0 Å². The van der Waals surface area contributed by atoms with Crippen LogP contribution >= 0.6 is 0 Å². The van der Waals surface area contributed by atoms with Crippen LogP contribution in [0.15, 0.2) is 66.7 Å². The lowest BCUT2D eigenvalue weighted by atomic mass is 9.82. The molecular weight excluding hydrogens is 362 g/mol. The first-order valence-corrected chi connectivity index (χ1v) is 11.4. The Balaban J connectivity index is 1.70. The van der Waals surface area contributed by atoms with Gasteiger partial charge in [0.15, 0.2) is 0 Å². The Morgan fingerprint density at radius 3 is 2.30 bits per heavy atom. The molecule has 1 aliphatic carbocycles. The van der Waals surface area contributed by atoms with Gasteiger partial charge >= 0.3 is 0 Å². The van der Waals surface area contributed by atoms with E-state index in [1.54, 1.807) is 0 Å². The zero-order chi connectivity index (χ0) is 20.7. The summed E-state index contributed by atoms with van der Waals surface area (Å²) in [6.07, 6.45) is 6.70. The molecule has 5 rings (SSSR count). The van der Waals surface area contributed by atoms with E-state index in [4.69, 9.17) is 4.98 Å². The lowest BCUT2D eigenvalue weighted by molar-refractivity contribution is 0.548. The molecule has 4 aromatic rings. The molecule has 1 heteroatoms. The average molecular weight is 394 g/mol. The molecule has 152 valence electrons. The zero-order valence-electron chi connectivity index (χ0n) is 18.4. The number of aromatic nitrogens is 1. The van der Waals surface area contributed by atoms with Gasteiger partial charge < -0.3 is 0 Å². The first-order chi connectivity index (χ1) is 14.5. The number of benzene rings is 3. The fraction of sp³-hybridized carbons (Fsp3) is 0.345. The SMILES string of the molecule is CC(C)(C)c1cc(-c2cc(CC3CCCC3)c3ccccc3n2)cc2ccccc12. The molecule has 0 aliphatic heterocycles. The van der Waals surface area contributed by atoms with Gasteiger partial charge in [0.05, 0.1) is 11.2 Å². The van der Waals surface area contributed by atoms with Crippen molar-refractivity contribution in [1.82, 2.24) is 4.98 Å². The van der Waals surface area contributed by atoms with Crippen molar-refractivity contribution in [3.63, 3.8) is 0 Å². The molecule has 0 saturated heterocycles. The van der Waals surface area contributed by atoms with E-state index in [1.165, 1.54) is 65.0 Å². The summed E-state index contributed by atoms with van der Waals surface area (Å²) in [7, 11) is 0. The van der Waals surface area contributed by atoms with Crippen LogP contribution in [-0.4, -0.2) is 4.98 Å². The zero-order valence-corrected chi connectivity index (χ0v) is 18.4. The maximum Gasteiger partial charge on any atom is 0.0712 e. The smallest absolute Gasteiger partial charge is 0.0712 e. The number of pyridine rings is 1. The lowest BCUT2D eigenvalue weighted by Crippen LogP contribution is -2.12. The van der Waals surface area contributed by atoms with Crippen LogP contribution < -0.4 is 0 Å².